The minimum atomic E-state index is -0.287. The number of anilines is 1. The Kier molecular flexibility index (Phi) is 6.06. The molecule has 1 aliphatic heterocycles. The largest absolute Gasteiger partial charge is 0.326 e. The quantitative estimate of drug-likeness (QED) is 0.906. The average molecular weight is 310 g/mol. The summed E-state index contributed by atoms with van der Waals surface area (Å²) in [5.74, 6) is 2.08. The van der Waals surface area contributed by atoms with E-state index in [1.165, 1.54) is 30.4 Å². The Labute approximate surface area is 130 Å². The maximum Gasteiger partial charge on any atom is 0.225 e. The summed E-state index contributed by atoms with van der Waals surface area (Å²) in [4.78, 5) is 14.2. The Balaban J connectivity index is 1.77. The monoisotopic (exact) mass is 310 g/mol. The van der Waals surface area contributed by atoms with Gasteiger partial charge in [0.2, 0.25) is 5.91 Å². The number of nitrogens with one attached hydrogen (secondary N) is 1. The summed E-state index contributed by atoms with van der Waals surface area (Å²) >= 11 is 2.00. The van der Waals surface area contributed by atoms with Crippen molar-refractivity contribution in [2.24, 2.45) is 0 Å². The van der Waals surface area contributed by atoms with Crippen molar-refractivity contribution in [3.63, 3.8) is 0 Å². The van der Waals surface area contributed by atoms with Crippen LogP contribution in [0.4, 0.5) is 10.1 Å². The van der Waals surface area contributed by atoms with E-state index >= 15 is 0 Å². The maximum atomic E-state index is 13.4. The lowest BCUT2D eigenvalue weighted by Crippen LogP contribution is -2.36. The highest BCUT2D eigenvalue weighted by Gasteiger charge is 2.18. The van der Waals surface area contributed by atoms with Gasteiger partial charge in [-0.25, -0.2) is 4.39 Å². The lowest BCUT2D eigenvalue weighted by molar-refractivity contribution is -0.116. The minimum Gasteiger partial charge on any atom is -0.326 e. The number of benzene rings is 1. The molecule has 1 fully saturated rings. The fraction of sp³-hybridized carbons (Fsp3) is 0.562. The van der Waals surface area contributed by atoms with Gasteiger partial charge >= 0.3 is 0 Å². The van der Waals surface area contributed by atoms with Crippen LogP contribution in [-0.4, -0.2) is 41.9 Å². The number of carbonyl (C=O) groups is 1. The van der Waals surface area contributed by atoms with Crippen LogP contribution < -0.4 is 5.32 Å². The van der Waals surface area contributed by atoms with Gasteiger partial charge in [0.15, 0.2) is 0 Å². The van der Waals surface area contributed by atoms with Gasteiger partial charge in [-0.3, -0.25) is 4.79 Å². The molecule has 0 spiro atoms. The Hall–Kier alpha value is -1.07. The van der Waals surface area contributed by atoms with E-state index in [-0.39, 0.29) is 11.7 Å². The van der Waals surface area contributed by atoms with Crippen molar-refractivity contribution >= 4 is 23.4 Å². The second-order valence-electron chi connectivity index (χ2n) is 5.59. The summed E-state index contributed by atoms with van der Waals surface area (Å²) in [6, 6.07) is 5.38. The van der Waals surface area contributed by atoms with Gasteiger partial charge in [-0.1, -0.05) is 6.07 Å². The number of carbonyl (C=O) groups excluding carboxylic acids is 1. The van der Waals surface area contributed by atoms with Crippen molar-refractivity contribution < 1.29 is 9.18 Å². The standard InChI is InChI=1S/C16H23FN2OS/c1-12-3-4-13(11-15(12)17)18-16(20)5-8-19(2)14-6-9-21-10-7-14/h3-4,11,14H,5-10H2,1-2H3,(H,18,20). The first-order valence-electron chi connectivity index (χ1n) is 7.40. The van der Waals surface area contributed by atoms with Gasteiger partial charge in [-0.15, -0.1) is 0 Å². The van der Waals surface area contributed by atoms with E-state index in [9.17, 15) is 9.18 Å². The first kappa shape index (κ1) is 16.3. The lowest BCUT2D eigenvalue weighted by Gasteiger charge is -2.30. The molecule has 2 rings (SSSR count). The van der Waals surface area contributed by atoms with Crippen LogP contribution in [-0.2, 0) is 4.79 Å². The Morgan fingerprint density at radius 3 is 2.81 bits per heavy atom. The molecule has 1 amide bonds. The SMILES string of the molecule is Cc1ccc(NC(=O)CCN(C)C2CCSCC2)cc1F. The fourth-order valence-corrected chi connectivity index (χ4v) is 3.56. The zero-order valence-corrected chi connectivity index (χ0v) is 13.5. The van der Waals surface area contributed by atoms with Gasteiger partial charge in [-0.05, 0) is 56.0 Å². The molecule has 1 saturated heterocycles. The Morgan fingerprint density at radius 2 is 2.14 bits per heavy atom. The number of thioether (sulfide) groups is 1. The summed E-state index contributed by atoms with van der Waals surface area (Å²) in [5.41, 5.74) is 1.11. The predicted molar refractivity (Wildman–Crippen MR) is 87.4 cm³/mol. The summed E-state index contributed by atoms with van der Waals surface area (Å²) in [5, 5.41) is 2.76. The Bertz CT molecular complexity index is 489. The average Bonchev–Trinajstić information content (AvgIpc) is 2.49. The number of hydrogen-bond acceptors (Lipinski definition) is 3. The zero-order chi connectivity index (χ0) is 15.2. The van der Waals surface area contributed by atoms with Crippen LogP contribution in [0.3, 0.4) is 0 Å². The first-order valence-corrected chi connectivity index (χ1v) is 8.55. The van der Waals surface area contributed by atoms with Gasteiger partial charge < -0.3 is 10.2 Å². The highest BCUT2D eigenvalue weighted by molar-refractivity contribution is 7.99. The molecule has 21 heavy (non-hydrogen) atoms. The molecule has 0 saturated carbocycles. The van der Waals surface area contributed by atoms with Crippen molar-refractivity contribution in [3.05, 3.63) is 29.6 Å². The van der Waals surface area contributed by atoms with Crippen LogP contribution in [0.2, 0.25) is 0 Å². The second-order valence-corrected chi connectivity index (χ2v) is 6.81. The number of nitrogens with zero attached hydrogens (tertiary/aromatic N) is 1. The molecular weight excluding hydrogens is 287 g/mol. The van der Waals surface area contributed by atoms with E-state index < -0.39 is 0 Å². The van der Waals surface area contributed by atoms with Crippen LogP contribution in [0.5, 0.6) is 0 Å². The zero-order valence-electron chi connectivity index (χ0n) is 12.7. The first-order chi connectivity index (χ1) is 10.1. The van der Waals surface area contributed by atoms with Crippen LogP contribution >= 0.6 is 11.8 Å². The summed E-state index contributed by atoms with van der Waals surface area (Å²) < 4.78 is 13.4. The van der Waals surface area contributed by atoms with E-state index in [0.717, 1.165) is 6.54 Å². The molecule has 0 radical (unpaired) electrons. The molecule has 0 aliphatic carbocycles. The molecule has 0 aromatic heterocycles. The molecule has 0 bridgehead atoms. The maximum absolute atomic E-state index is 13.4. The molecule has 0 unspecified atom stereocenters. The van der Waals surface area contributed by atoms with Gasteiger partial charge in [-0.2, -0.15) is 11.8 Å². The molecular formula is C16H23FN2OS. The van der Waals surface area contributed by atoms with Crippen molar-refractivity contribution in [1.82, 2.24) is 4.90 Å². The predicted octanol–water partition coefficient (Wildman–Crippen LogP) is 3.29. The number of hydrogen-bond donors (Lipinski definition) is 1. The summed E-state index contributed by atoms with van der Waals surface area (Å²) in [6.07, 6.45) is 2.84. The van der Waals surface area contributed by atoms with Crippen molar-refractivity contribution in [2.45, 2.75) is 32.2 Å². The molecule has 0 atom stereocenters. The van der Waals surface area contributed by atoms with E-state index in [1.807, 2.05) is 11.8 Å². The van der Waals surface area contributed by atoms with Crippen LogP contribution in [0, 0.1) is 12.7 Å². The van der Waals surface area contributed by atoms with Crippen LogP contribution in [0.15, 0.2) is 18.2 Å². The van der Waals surface area contributed by atoms with Gasteiger partial charge in [0.25, 0.3) is 0 Å². The fourth-order valence-electron chi connectivity index (χ4n) is 2.48. The third-order valence-electron chi connectivity index (χ3n) is 3.96. The molecule has 1 aromatic rings. The van der Waals surface area contributed by atoms with Gasteiger partial charge in [0, 0.05) is 24.7 Å². The lowest BCUT2D eigenvalue weighted by atomic mass is 10.1. The van der Waals surface area contributed by atoms with Crippen molar-refractivity contribution in [1.29, 1.82) is 0 Å². The molecule has 116 valence electrons. The molecule has 5 heteroatoms. The van der Waals surface area contributed by atoms with E-state index in [0.29, 0.717) is 23.7 Å². The minimum absolute atomic E-state index is 0.0599. The number of amides is 1. The Morgan fingerprint density at radius 1 is 1.43 bits per heavy atom. The van der Waals surface area contributed by atoms with Crippen molar-refractivity contribution in [2.75, 3.05) is 30.4 Å². The van der Waals surface area contributed by atoms with Gasteiger partial charge in [0.05, 0.1) is 0 Å². The molecule has 1 heterocycles. The van der Waals surface area contributed by atoms with Crippen molar-refractivity contribution in [3.8, 4) is 0 Å². The highest BCUT2D eigenvalue weighted by atomic mass is 32.2. The third kappa shape index (κ3) is 5.00. The number of aryl methyl sites for hydroxylation is 1. The van der Waals surface area contributed by atoms with Crippen LogP contribution in [0.25, 0.3) is 0 Å². The number of rotatable bonds is 5. The topological polar surface area (TPSA) is 32.3 Å². The van der Waals surface area contributed by atoms with E-state index in [1.54, 1.807) is 19.1 Å². The number of halogens is 1. The highest BCUT2D eigenvalue weighted by Crippen LogP contribution is 2.21. The van der Waals surface area contributed by atoms with Gasteiger partial charge in [0.1, 0.15) is 5.82 Å². The second kappa shape index (κ2) is 7.80. The summed E-state index contributed by atoms with van der Waals surface area (Å²) in [7, 11) is 2.08. The summed E-state index contributed by atoms with van der Waals surface area (Å²) in [6.45, 7) is 2.45. The molecule has 1 aliphatic rings. The van der Waals surface area contributed by atoms with E-state index in [4.69, 9.17) is 0 Å². The molecule has 1 aromatic carbocycles. The third-order valence-corrected chi connectivity index (χ3v) is 5.01. The smallest absolute Gasteiger partial charge is 0.225 e. The van der Waals surface area contributed by atoms with Crippen LogP contribution in [0.1, 0.15) is 24.8 Å². The molecule has 1 N–H and O–H groups in total. The normalized spacial score (nSPS) is 16.2. The van der Waals surface area contributed by atoms with E-state index in [2.05, 4.69) is 17.3 Å². The molecule has 3 nitrogen and oxygen atoms in total.